The number of benzene rings is 2. The summed E-state index contributed by atoms with van der Waals surface area (Å²) in [6.45, 7) is 0.171. The lowest BCUT2D eigenvalue weighted by Crippen LogP contribution is -2.75. The van der Waals surface area contributed by atoms with Crippen LogP contribution in [0, 0.1) is 10.8 Å². The highest BCUT2D eigenvalue weighted by molar-refractivity contribution is 6.30. The number of likely N-dealkylation sites (tertiary alicyclic amines) is 2. The molecule has 0 saturated carbocycles. The van der Waals surface area contributed by atoms with Crippen molar-refractivity contribution in [2.45, 2.75) is 12.1 Å². The average Bonchev–Trinajstić information content (AvgIpc) is 2.82. The number of methoxy groups -OCH3 is 2. The first-order valence-corrected chi connectivity index (χ1v) is 11.5. The van der Waals surface area contributed by atoms with Gasteiger partial charge in [-0.1, -0.05) is 47.5 Å². The summed E-state index contributed by atoms with van der Waals surface area (Å²) in [5.74, 6) is -1.90. The third-order valence-corrected chi connectivity index (χ3v) is 7.57. The van der Waals surface area contributed by atoms with Crippen molar-refractivity contribution in [1.29, 1.82) is 0 Å². The molecule has 2 aliphatic rings. The molecule has 34 heavy (non-hydrogen) atoms. The lowest BCUT2D eigenvalue weighted by atomic mass is 9.54. The Morgan fingerprint density at radius 3 is 1.47 bits per heavy atom. The Bertz CT molecular complexity index is 1040. The van der Waals surface area contributed by atoms with Crippen LogP contribution in [0.1, 0.15) is 23.2 Å². The number of ketones is 1. The van der Waals surface area contributed by atoms with E-state index >= 15 is 0 Å². The van der Waals surface area contributed by atoms with Crippen LogP contribution in [-0.4, -0.2) is 68.9 Å². The van der Waals surface area contributed by atoms with Gasteiger partial charge in [-0.15, -0.1) is 0 Å². The van der Waals surface area contributed by atoms with E-state index in [0.29, 0.717) is 21.2 Å². The Hall–Kier alpha value is -2.45. The van der Waals surface area contributed by atoms with Crippen molar-refractivity contribution in [3.8, 4) is 0 Å². The van der Waals surface area contributed by atoms with E-state index in [2.05, 4.69) is 0 Å². The Labute approximate surface area is 208 Å². The zero-order valence-electron chi connectivity index (χ0n) is 19.4. The standard InChI is InChI=1S/C25H26Cl2N2O5/c1-28-13-24(22(31)33-3)19(15-5-9-17(26)10-6-15)29(2)20(16-7-11-18(27)12-8-16)25(14-28,21(24)30)23(32)34-4/h5-12,19-20H,13-14H2,1-4H3/t19-,20+,24-,25+. The first-order chi connectivity index (χ1) is 16.1. The smallest absolute Gasteiger partial charge is 0.322 e. The monoisotopic (exact) mass is 504 g/mol. The van der Waals surface area contributed by atoms with Crippen LogP contribution in [0.15, 0.2) is 48.5 Å². The zero-order valence-corrected chi connectivity index (χ0v) is 20.9. The molecule has 2 fully saturated rings. The third kappa shape index (κ3) is 3.45. The number of nitrogens with zero attached hydrogens (tertiary/aromatic N) is 2. The summed E-state index contributed by atoms with van der Waals surface area (Å²) in [6, 6.07) is 12.6. The van der Waals surface area contributed by atoms with Crippen molar-refractivity contribution in [3.05, 3.63) is 69.7 Å². The van der Waals surface area contributed by atoms with Gasteiger partial charge in [0.1, 0.15) is 0 Å². The van der Waals surface area contributed by atoms with E-state index < -0.39 is 40.6 Å². The number of esters is 2. The maximum absolute atomic E-state index is 14.5. The Morgan fingerprint density at radius 2 is 1.15 bits per heavy atom. The Kier molecular flexibility index (Phi) is 6.50. The lowest BCUT2D eigenvalue weighted by molar-refractivity contribution is -0.202. The fraction of sp³-hybridized carbons (Fsp3) is 0.400. The number of halogens is 2. The quantitative estimate of drug-likeness (QED) is 0.465. The molecule has 2 heterocycles. The topological polar surface area (TPSA) is 76.1 Å². The predicted octanol–water partition coefficient (Wildman–Crippen LogP) is 3.55. The minimum atomic E-state index is -1.67. The highest BCUT2D eigenvalue weighted by atomic mass is 35.5. The highest BCUT2D eigenvalue weighted by Crippen LogP contribution is 2.60. The summed E-state index contributed by atoms with van der Waals surface area (Å²) in [5.41, 5.74) is -1.92. The molecule has 0 spiro atoms. The molecule has 7 nitrogen and oxygen atoms in total. The fourth-order valence-corrected chi connectivity index (χ4v) is 6.20. The van der Waals surface area contributed by atoms with Gasteiger partial charge >= 0.3 is 11.9 Å². The molecule has 2 aliphatic heterocycles. The minimum Gasteiger partial charge on any atom is -0.468 e. The number of hydrogen-bond donors (Lipinski definition) is 0. The van der Waals surface area contributed by atoms with E-state index in [0.717, 1.165) is 0 Å². The first kappa shape index (κ1) is 24.7. The highest BCUT2D eigenvalue weighted by Gasteiger charge is 2.74. The molecule has 0 N–H and O–H groups in total. The second-order valence-corrected chi connectivity index (χ2v) is 9.87. The van der Waals surface area contributed by atoms with E-state index in [-0.39, 0.29) is 13.1 Å². The number of ether oxygens (including phenoxy) is 2. The van der Waals surface area contributed by atoms with Crippen molar-refractivity contribution in [1.82, 2.24) is 9.80 Å². The molecule has 0 unspecified atom stereocenters. The maximum atomic E-state index is 14.5. The molecule has 4 atom stereocenters. The van der Waals surface area contributed by atoms with Crippen molar-refractivity contribution in [3.63, 3.8) is 0 Å². The van der Waals surface area contributed by atoms with E-state index in [4.69, 9.17) is 32.7 Å². The molecule has 180 valence electrons. The number of piperidine rings is 2. The summed E-state index contributed by atoms with van der Waals surface area (Å²) >= 11 is 12.3. The molecule has 2 aromatic carbocycles. The van der Waals surface area contributed by atoms with Gasteiger partial charge in [-0.2, -0.15) is 0 Å². The first-order valence-electron chi connectivity index (χ1n) is 10.8. The van der Waals surface area contributed by atoms with Crippen LogP contribution in [-0.2, 0) is 23.9 Å². The number of rotatable bonds is 4. The molecule has 0 aliphatic carbocycles. The van der Waals surface area contributed by atoms with Gasteiger partial charge in [0.15, 0.2) is 16.6 Å². The molecule has 9 heteroatoms. The van der Waals surface area contributed by atoms with E-state index in [1.807, 2.05) is 16.8 Å². The Balaban J connectivity index is 2.06. The molecular formula is C25H26Cl2N2O5. The molecule has 2 bridgehead atoms. The zero-order chi connectivity index (χ0) is 24.8. The van der Waals surface area contributed by atoms with Gasteiger partial charge in [0, 0.05) is 23.1 Å². The molecule has 2 saturated heterocycles. The molecular weight excluding hydrogens is 479 g/mol. The minimum absolute atomic E-state index is 0.0855. The maximum Gasteiger partial charge on any atom is 0.322 e. The number of carbonyl (C=O) groups excluding carboxylic acids is 3. The van der Waals surface area contributed by atoms with Gasteiger partial charge in [-0.25, -0.2) is 0 Å². The fourth-order valence-electron chi connectivity index (χ4n) is 5.95. The van der Waals surface area contributed by atoms with Gasteiger partial charge in [0.25, 0.3) is 0 Å². The van der Waals surface area contributed by atoms with Gasteiger partial charge in [0.05, 0.1) is 26.3 Å². The van der Waals surface area contributed by atoms with Crippen LogP contribution in [0.3, 0.4) is 0 Å². The largest absolute Gasteiger partial charge is 0.468 e. The number of fused-ring (bicyclic) bond motifs is 2. The average molecular weight is 505 g/mol. The van der Waals surface area contributed by atoms with Crippen LogP contribution in [0.5, 0.6) is 0 Å². The van der Waals surface area contributed by atoms with Crippen molar-refractivity contribution < 1.29 is 23.9 Å². The molecule has 4 rings (SSSR count). The van der Waals surface area contributed by atoms with E-state index in [1.165, 1.54) is 14.2 Å². The predicted molar refractivity (Wildman–Crippen MR) is 128 cm³/mol. The van der Waals surface area contributed by atoms with Gasteiger partial charge in [-0.05, 0) is 49.5 Å². The van der Waals surface area contributed by atoms with Crippen LogP contribution in [0.2, 0.25) is 10.0 Å². The number of carbonyl (C=O) groups is 3. The van der Waals surface area contributed by atoms with Crippen molar-refractivity contribution >= 4 is 40.9 Å². The molecule has 0 amide bonds. The summed E-state index contributed by atoms with van der Waals surface area (Å²) in [4.78, 5) is 45.3. The van der Waals surface area contributed by atoms with Crippen LogP contribution in [0.25, 0.3) is 0 Å². The number of Topliss-reactive ketones (excluding diaryl/α,β-unsaturated/α-hetero) is 1. The molecule has 0 radical (unpaired) electrons. The van der Waals surface area contributed by atoms with E-state index in [9.17, 15) is 14.4 Å². The molecule has 2 aromatic rings. The molecule has 0 aromatic heterocycles. The number of hydrogen-bond acceptors (Lipinski definition) is 7. The van der Waals surface area contributed by atoms with E-state index in [1.54, 1.807) is 55.6 Å². The van der Waals surface area contributed by atoms with Crippen LogP contribution < -0.4 is 0 Å². The summed E-state index contributed by atoms with van der Waals surface area (Å²) in [6.07, 6.45) is 0. The van der Waals surface area contributed by atoms with Crippen molar-refractivity contribution in [2.24, 2.45) is 10.8 Å². The van der Waals surface area contributed by atoms with Gasteiger partial charge in [-0.3, -0.25) is 19.3 Å². The second-order valence-electron chi connectivity index (χ2n) is 9.00. The summed E-state index contributed by atoms with van der Waals surface area (Å²) in [5, 5.41) is 1.05. The lowest BCUT2D eigenvalue weighted by Gasteiger charge is -2.60. The normalized spacial score (nSPS) is 29.5. The van der Waals surface area contributed by atoms with Gasteiger partial charge < -0.3 is 14.4 Å². The third-order valence-electron chi connectivity index (χ3n) is 7.07. The SMILES string of the molecule is COC(=O)[C@]12CN(C)C[C@](C(=O)OC)(C1=O)[C@@H](c1ccc(Cl)cc1)N(C)[C@H]2c1ccc(Cl)cc1. The van der Waals surface area contributed by atoms with Gasteiger partial charge in [0.2, 0.25) is 0 Å². The van der Waals surface area contributed by atoms with Crippen molar-refractivity contribution in [2.75, 3.05) is 41.4 Å². The second kappa shape index (κ2) is 8.96. The summed E-state index contributed by atoms with van der Waals surface area (Å²) in [7, 11) is 6.10. The Morgan fingerprint density at radius 1 is 0.794 bits per heavy atom. The van der Waals surface area contributed by atoms with Crippen LogP contribution in [0.4, 0.5) is 0 Å². The summed E-state index contributed by atoms with van der Waals surface area (Å²) < 4.78 is 10.4. The van der Waals surface area contributed by atoms with Crippen LogP contribution >= 0.6 is 23.2 Å².